The van der Waals surface area contributed by atoms with Crippen molar-refractivity contribution in [2.45, 2.75) is 38.4 Å². The summed E-state index contributed by atoms with van der Waals surface area (Å²) in [4.78, 5) is 25.0. The van der Waals surface area contributed by atoms with Crippen molar-refractivity contribution < 1.29 is 14.3 Å². The molecule has 0 aliphatic carbocycles. The summed E-state index contributed by atoms with van der Waals surface area (Å²) in [6, 6.07) is 17.5. The van der Waals surface area contributed by atoms with Crippen molar-refractivity contribution in [2.24, 2.45) is 0 Å². The monoisotopic (exact) mass is 418 g/mol. The molecule has 3 aromatic rings. The first-order chi connectivity index (χ1) is 15.1. The molecule has 0 saturated heterocycles. The van der Waals surface area contributed by atoms with Crippen LogP contribution in [0.4, 0.5) is 0 Å². The molecule has 0 spiro atoms. The van der Waals surface area contributed by atoms with Gasteiger partial charge in [0.05, 0.1) is 37.2 Å². The molecule has 160 valence electrons. The Morgan fingerprint density at radius 1 is 1.13 bits per heavy atom. The molecule has 2 heterocycles. The van der Waals surface area contributed by atoms with E-state index in [4.69, 9.17) is 4.74 Å². The Balaban J connectivity index is 1.28. The van der Waals surface area contributed by atoms with E-state index in [9.17, 15) is 9.59 Å². The van der Waals surface area contributed by atoms with E-state index in [1.165, 1.54) is 0 Å². The van der Waals surface area contributed by atoms with Gasteiger partial charge in [-0.2, -0.15) is 5.10 Å². The molecule has 2 aromatic carbocycles. The number of carbonyl (C=O) groups excluding carboxylic acids is 2. The average Bonchev–Trinajstić information content (AvgIpc) is 3.37. The van der Waals surface area contributed by atoms with E-state index >= 15 is 0 Å². The minimum absolute atomic E-state index is 0.00588. The van der Waals surface area contributed by atoms with Gasteiger partial charge in [0.2, 0.25) is 5.91 Å². The van der Waals surface area contributed by atoms with Crippen molar-refractivity contribution >= 4 is 11.8 Å². The molecule has 0 saturated carbocycles. The van der Waals surface area contributed by atoms with Crippen LogP contribution in [-0.2, 0) is 30.7 Å². The van der Waals surface area contributed by atoms with E-state index in [2.05, 4.69) is 15.7 Å². The predicted molar refractivity (Wildman–Crippen MR) is 117 cm³/mol. The van der Waals surface area contributed by atoms with Crippen molar-refractivity contribution in [1.29, 1.82) is 0 Å². The van der Waals surface area contributed by atoms with Gasteiger partial charge in [-0.05, 0) is 29.7 Å². The fourth-order valence-corrected chi connectivity index (χ4v) is 3.84. The zero-order valence-corrected chi connectivity index (χ0v) is 17.5. The van der Waals surface area contributed by atoms with Crippen molar-refractivity contribution in [1.82, 2.24) is 20.4 Å². The van der Waals surface area contributed by atoms with Crippen LogP contribution in [0.2, 0.25) is 0 Å². The second-order valence-corrected chi connectivity index (χ2v) is 7.68. The third-order valence-corrected chi connectivity index (χ3v) is 5.46. The minimum atomic E-state index is -0.143. The topological polar surface area (TPSA) is 85.2 Å². The van der Waals surface area contributed by atoms with Crippen LogP contribution < -0.4 is 15.4 Å². The van der Waals surface area contributed by atoms with Crippen LogP contribution in [0.3, 0.4) is 0 Å². The predicted octanol–water partition coefficient (Wildman–Crippen LogP) is 2.50. The van der Waals surface area contributed by atoms with Gasteiger partial charge in [0.15, 0.2) is 0 Å². The summed E-state index contributed by atoms with van der Waals surface area (Å²) in [6.45, 7) is 1.04. The van der Waals surface area contributed by atoms with Gasteiger partial charge in [0.25, 0.3) is 5.91 Å². The number of aromatic nitrogens is 2. The van der Waals surface area contributed by atoms with Gasteiger partial charge in [-0.15, -0.1) is 0 Å². The van der Waals surface area contributed by atoms with E-state index in [1.807, 2.05) is 59.3 Å². The van der Waals surface area contributed by atoms with Gasteiger partial charge in [0.1, 0.15) is 5.75 Å². The molecular weight excluding hydrogens is 392 g/mol. The van der Waals surface area contributed by atoms with Gasteiger partial charge in [-0.25, -0.2) is 0 Å². The molecule has 2 N–H and O–H groups in total. The highest BCUT2D eigenvalue weighted by Gasteiger charge is 2.28. The van der Waals surface area contributed by atoms with E-state index in [0.29, 0.717) is 37.9 Å². The molecule has 1 aromatic heterocycles. The maximum absolute atomic E-state index is 12.6. The van der Waals surface area contributed by atoms with Gasteiger partial charge < -0.3 is 15.4 Å². The molecule has 0 unspecified atom stereocenters. The summed E-state index contributed by atoms with van der Waals surface area (Å²) < 4.78 is 7.04. The van der Waals surface area contributed by atoms with E-state index in [-0.39, 0.29) is 17.9 Å². The van der Waals surface area contributed by atoms with Crippen LogP contribution in [0.5, 0.6) is 5.75 Å². The zero-order valence-electron chi connectivity index (χ0n) is 17.5. The molecule has 1 aliphatic rings. The SMILES string of the molecule is COc1cccc(CCC(=O)N[C@H]2Cc3c(C(=O)NCc4ccccc4)cnn3C2)c1. The highest BCUT2D eigenvalue weighted by Crippen LogP contribution is 2.20. The Morgan fingerprint density at radius 3 is 2.74 bits per heavy atom. The summed E-state index contributed by atoms with van der Waals surface area (Å²) >= 11 is 0. The van der Waals surface area contributed by atoms with Crippen LogP contribution in [0.25, 0.3) is 0 Å². The second-order valence-electron chi connectivity index (χ2n) is 7.68. The van der Waals surface area contributed by atoms with Crippen molar-refractivity contribution in [3.8, 4) is 5.75 Å². The standard InChI is InChI=1S/C24H26N4O3/c1-31-20-9-5-8-17(12-20)10-11-23(29)27-19-13-22-21(15-26-28(22)16-19)24(30)25-14-18-6-3-2-4-7-18/h2-9,12,15,19H,10-11,13-14,16H2,1H3,(H,25,30)(H,27,29)/t19-/m0/s1. The third kappa shape index (κ3) is 5.12. The lowest BCUT2D eigenvalue weighted by Gasteiger charge is -2.12. The number of carbonyl (C=O) groups is 2. The molecule has 0 bridgehead atoms. The van der Waals surface area contributed by atoms with E-state index in [1.54, 1.807) is 13.3 Å². The zero-order chi connectivity index (χ0) is 21.6. The molecule has 1 atom stereocenters. The van der Waals surface area contributed by atoms with Crippen molar-refractivity contribution in [3.05, 3.63) is 83.2 Å². The number of amides is 2. The van der Waals surface area contributed by atoms with Crippen molar-refractivity contribution in [3.63, 3.8) is 0 Å². The Kier molecular flexibility index (Phi) is 6.31. The van der Waals surface area contributed by atoms with E-state index < -0.39 is 0 Å². The Labute approximate surface area is 181 Å². The lowest BCUT2D eigenvalue weighted by Crippen LogP contribution is -2.36. The molecule has 7 nitrogen and oxygen atoms in total. The Bertz CT molecular complexity index is 1060. The van der Waals surface area contributed by atoms with Gasteiger partial charge in [-0.1, -0.05) is 42.5 Å². The van der Waals surface area contributed by atoms with Gasteiger partial charge >= 0.3 is 0 Å². The fraction of sp³-hybridized carbons (Fsp3) is 0.292. The summed E-state index contributed by atoms with van der Waals surface area (Å²) in [5.41, 5.74) is 3.54. The number of aryl methyl sites for hydroxylation is 1. The van der Waals surface area contributed by atoms with E-state index in [0.717, 1.165) is 22.6 Å². The molecule has 4 rings (SSSR count). The summed E-state index contributed by atoms with van der Waals surface area (Å²) in [7, 11) is 1.63. The molecular formula is C24H26N4O3. The number of nitrogens with zero attached hydrogens (tertiary/aromatic N) is 2. The van der Waals surface area contributed by atoms with Crippen molar-refractivity contribution in [2.75, 3.05) is 7.11 Å². The highest BCUT2D eigenvalue weighted by atomic mass is 16.5. The lowest BCUT2D eigenvalue weighted by atomic mass is 10.1. The maximum atomic E-state index is 12.6. The summed E-state index contributed by atoms with van der Waals surface area (Å²) in [5.74, 6) is 0.640. The quantitative estimate of drug-likeness (QED) is 0.589. The number of nitrogens with one attached hydrogen (secondary N) is 2. The number of fused-ring (bicyclic) bond motifs is 1. The fourth-order valence-electron chi connectivity index (χ4n) is 3.84. The van der Waals surface area contributed by atoms with Crippen LogP contribution in [0.1, 0.15) is 33.6 Å². The highest BCUT2D eigenvalue weighted by molar-refractivity contribution is 5.95. The smallest absolute Gasteiger partial charge is 0.255 e. The molecule has 31 heavy (non-hydrogen) atoms. The number of rotatable bonds is 8. The molecule has 7 heteroatoms. The maximum Gasteiger partial charge on any atom is 0.255 e. The lowest BCUT2D eigenvalue weighted by molar-refractivity contribution is -0.121. The summed E-state index contributed by atoms with van der Waals surface area (Å²) in [6.07, 6.45) is 3.25. The average molecular weight is 418 g/mol. The number of hydrogen-bond donors (Lipinski definition) is 2. The number of hydrogen-bond acceptors (Lipinski definition) is 4. The summed E-state index contributed by atoms with van der Waals surface area (Å²) in [5, 5.41) is 10.4. The van der Waals surface area contributed by atoms with Crippen LogP contribution >= 0.6 is 0 Å². The van der Waals surface area contributed by atoms with Gasteiger partial charge in [-0.3, -0.25) is 14.3 Å². The first kappa shape index (κ1) is 20.7. The van der Waals surface area contributed by atoms with Crippen LogP contribution in [-0.4, -0.2) is 34.7 Å². The number of benzene rings is 2. The van der Waals surface area contributed by atoms with Crippen LogP contribution in [0.15, 0.2) is 60.8 Å². The van der Waals surface area contributed by atoms with Gasteiger partial charge in [0, 0.05) is 19.4 Å². The molecule has 1 aliphatic heterocycles. The first-order valence-corrected chi connectivity index (χ1v) is 10.4. The minimum Gasteiger partial charge on any atom is -0.497 e. The molecule has 2 amide bonds. The largest absolute Gasteiger partial charge is 0.497 e. The normalized spacial score (nSPS) is 14.7. The number of ether oxygens (including phenoxy) is 1. The Morgan fingerprint density at radius 2 is 1.94 bits per heavy atom. The van der Waals surface area contributed by atoms with Crippen LogP contribution in [0, 0.1) is 0 Å². The second kappa shape index (κ2) is 9.47. The molecule has 0 fully saturated rings. The third-order valence-electron chi connectivity index (χ3n) is 5.46. The first-order valence-electron chi connectivity index (χ1n) is 10.4. The Hall–Kier alpha value is -3.61. The molecule has 0 radical (unpaired) electrons. The number of methoxy groups -OCH3 is 1.